The van der Waals surface area contributed by atoms with Gasteiger partial charge in [-0.2, -0.15) is 18.4 Å². The molecule has 2 aliphatic heterocycles. The van der Waals surface area contributed by atoms with Gasteiger partial charge in [0.2, 0.25) is 5.91 Å². The molecule has 2 saturated heterocycles. The van der Waals surface area contributed by atoms with E-state index >= 15 is 17.6 Å². The van der Waals surface area contributed by atoms with E-state index in [1.807, 2.05) is 32.0 Å². The number of allylic oxidation sites excluding steroid dienone is 1. The van der Waals surface area contributed by atoms with Crippen LogP contribution in [0.4, 0.5) is 43.5 Å². The molecule has 0 bridgehead atoms. The monoisotopic (exact) mass is 725 g/mol. The summed E-state index contributed by atoms with van der Waals surface area (Å²) in [6, 6.07) is 6.25. The summed E-state index contributed by atoms with van der Waals surface area (Å²) in [5.41, 5.74) is 3.14. The van der Waals surface area contributed by atoms with Crippen LogP contribution in [0.15, 0.2) is 48.7 Å². The molecule has 0 spiro atoms. The number of carbonyl (C=O) groups excluding carboxylic acids is 1. The van der Waals surface area contributed by atoms with Crippen molar-refractivity contribution in [2.75, 3.05) is 56.0 Å². The van der Waals surface area contributed by atoms with E-state index in [1.165, 1.54) is 28.2 Å². The van der Waals surface area contributed by atoms with Crippen LogP contribution in [0.25, 0.3) is 32.9 Å². The summed E-state index contributed by atoms with van der Waals surface area (Å²) in [7, 11) is 3.80. The van der Waals surface area contributed by atoms with E-state index in [0.29, 0.717) is 13.1 Å². The van der Waals surface area contributed by atoms with Crippen molar-refractivity contribution in [1.82, 2.24) is 19.8 Å². The minimum Gasteiger partial charge on any atom is -0.394 e. The van der Waals surface area contributed by atoms with E-state index in [9.17, 15) is 18.8 Å². The van der Waals surface area contributed by atoms with Crippen molar-refractivity contribution in [3.8, 4) is 17.2 Å². The Bertz CT molecular complexity index is 2110. The zero-order chi connectivity index (χ0) is 37.7. The second-order valence-corrected chi connectivity index (χ2v) is 13.6. The molecule has 4 heterocycles. The Morgan fingerprint density at radius 1 is 1.17 bits per heavy atom. The summed E-state index contributed by atoms with van der Waals surface area (Å²) in [4.78, 5) is 26.7. The van der Waals surface area contributed by atoms with Crippen molar-refractivity contribution in [3.63, 3.8) is 0 Å². The van der Waals surface area contributed by atoms with Gasteiger partial charge in [0.1, 0.15) is 23.7 Å². The average molecular weight is 726 g/mol. The Kier molecular flexibility index (Phi) is 9.71. The first-order valence-corrected chi connectivity index (χ1v) is 16.5. The number of nitrogens with zero attached hydrogens (tertiary/aromatic N) is 7. The number of pyridine rings is 2. The van der Waals surface area contributed by atoms with Crippen molar-refractivity contribution in [2.24, 2.45) is 5.84 Å². The molecule has 274 valence electrons. The topological polar surface area (TPSA) is 132 Å². The number of benzene rings is 2. The number of aromatic nitrogens is 2. The number of piperidine rings is 1. The number of hydrogen-bond acceptors (Lipinski definition) is 9. The van der Waals surface area contributed by atoms with Crippen LogP contribution in [0.1, 0.15) is 31.7 Å². The number of nitriles is 1. The summed E-state index contributed by atoms with van der Waals surface area (Å²) in [5, 5.41) is 10.3. The summed E-state index contributed by atoms with van der Waals surface area (Å²) in [6.45, 7) is 2.07. The normalized spacial score (nSPS) is 19.0. The number of likely N-dealkylation sites (tertiary alicyclic amines) is 1. The minimum absolute atomic E-state index is 0.0776. The molecular weight excluding hydrogens is 688 g/mol. The predicted molar refractivity (Wildman–Crippen MR) is 187 cm³/mol. The lowest BCUT2D eigenvalue weighted by atomic mass is 9.89. The molecule has 2 atom stereocenters. The molecular formula is C36H37F6N9O. The first-order valence-electron chi connectivity index (χ1n) is 16.5. The van der Waals surface area contributed by atoms with Crippen LogP contribution in [-0.2, 0) is 11.0 Å². The number of hydrazine groups is 1. The van der Waals surface area contributed by atoms with Gasteiger partial charge in [0.05, 0.1) is 34.8 Å². The highest BCUT2D eigenvalue weighted by Crippen LogP contribution is 2.48. The minimum atomic E-state index is -5.11. The van der Waals surface area contributed by atoms with Gasteiger partial charge in [-0.25, -0.2) is 24.0 Å². The lowest BCUT2D eigenvalue weighted by molar-refractivity contribution is -0.137. The molecule has 2 aromatic heterocycles. The van der Waals surface area contributed by atoms with Crippen LogP contribution in [0.3, 0.4) is 0 Å². The Hall–Kier alpha value is -5.14. The van der Waals surface area contributed by atoms with Crippen molar-refractivity contribution in [3.05, 3.63) is 65.9 Å². The van der Waals surface area contributed by atoms with Crippen molar-refractivity contribution in [2.45, 2.75) is 50.0 Å². The second kappa shape index (κ2) is 13.8. The molecule has 10 nitrogen and oxygen atoms in total. The van der Waals surface area contributed by atoms with Crippen LogP contribution in [0, 0.1) is 23.0 Å². The maximum atomic E-state index is 17.1. The maximum Gasteiger partial charge on any atom is 0.417 e. The van der Waals surface area contributed by atoms with E-state index in [2.05, 4.69) is 9.97 Å². The summed E-state index contributed by atoms with van der Waals surface area (Å²) in [6.07, 6.45) is -1.47. The van der Waals surface area contributed by atoms with E-state index in [-0.39, 0.29) is 70.4 Å². The lowest BCUT2D eigenvalue weighted by Crippen LogP contribution is -2.67. The Labute approximate surface area is 295 Å². The molecule has 52 heavy (non-hydrogen) atoms. The molecule has 2 aliphatic rings. The van der Waals surface area contributed by atoms with Crippen LogP contribution < -0.4 is 21.5 Å². The van der Waals surface area contributed by atoms with Crippen molar-refractivity contribution < 1.29 is 31.1 Å². The maximum absolute atomic E-state index is 17.1. The number of fused-ring (bicyclic) bond motifs is 2. The number of amides is 1. The van der Waals surface area contributed by atoms with Gasteiger partial charge in [-0.05, 0) is 70.3 Å². The van der Waals surface area contributed by atoms with E-state index in [1.54, 1.807) is 4.90 Å². The van der Waals surface area contributed by atoms with Crippen molar-refractivity contribution in [1.29, 1.82) is 5.26 Å². The zero-order valence-electron chi connectivity index (χ0n) is 28.7. The highest BCUT2D eigenvalue weighted by atomic mass is 19.4. The summed E-state index contributed by atoms with van der Waals surface area (Å²) >= 11 is 0. The molecule has 4 aromatic rings. The SMILES string of the molecule is CN(C)C1(C)CN(c2nc3c(F)c(-c4ccc(F)c5cccnc45)c(C(F)(F)F)cc3c(N(N)C3CCN(C(=O)/C=C/CF)[C@H](CC#N)C3)c2N)C1. The first kappa shape index (κ1) is 36.6. The number of anilines is 3. The van der Waals surface area contributed by atoms with Gasteiger partial charge in [-0.3, -0.25) is 9.78 Å². The highest BCUT2D eigenvalue weighted by Gasteiger charge is 2.44. The number of likely N-dealkylation sites (N-methyl/N-ethyl adjacent to an activating group) is 1. The van der Waals surface area contributed by atoms with E-state index in [4.69, 9.17) is 11.6 Å². The lowest BCUT2D eigenvalue weighted by Gasteiger charge is -2.53. The highest BCUT2D eigenvalue weighted by molar-refractivity contribution is 6.06. The largest absolute Gasteiger partial charge is 0.417 e. The molecule has 6 rings (SSSR count). The third kappa shape index (κ3) is 6.32. The number of nitrogens with two attached hydrogens (primary N) is 2. The smallest absolute Gasteiger partial charge is 0.394 e. The second-order valence-electron chi connectivity index (χ2n) is 13.6. The average Bonchev–Trinajstić information content (AvgIpc) is 3.09. The quantitative estimate of drug-likeness (QED) is 0.0980. The van der Waals surface area contributed by atoms with Crippen LogP contribution in [-0.4, -0.2) is 83.7 Å². The fourth-order valence-electron chi connectivity index (χ4n) is 7.20. The molecule has 1 unspecified atom stereocenters. The molecule has 0 aliphatic carbocycles. The van der Waals surface area contributed by atoms with Gasteiger partial charge in [0.15, 0.2) is 11.6 Å². The van der Waals surface area contributed by atoms with Gasteiger partial charge in [-0.15, -0.1) is 0 Å². The predicted octanol–water partition coefficient (Wildman–Crippen LogP) is 5.95. The number of nitrogen functional groups attached to an aromatic ring is 1. The molecule has 0 radical (unpaired) electrons. The fourth-order valence-corrected chi connectivity index (χ4v) is 7.20. The van der Waals surface area contributed by atoms with E-state index < -0.39 is 59.1 Å². The standard InChI is InChI=1S/C36H37F6N9O/c1-35(48(2)3)18-49(19-35)34-30(44)33(51(45)21-11-15-50(20(16-21)10-13-43)27(52)7-4-12-37)24-17-25(36(40,41)42)28(29(39)32(24)47-34)23-8-9-26(38)22-6-5-14-46-31(22)23/h4-9,14,17,20-21H,10-12,15-16,18-19,44-45H2,1-3H3/b7-4+/t20-,21?/m1/s1. The molecule has 0 saturated carbocycles. The van der Waals surface area contributed by atoms with Crippen molar-refractivity contribution >= 4 is 44.9 Å². The zero-order valence-corrected chi connectivity index (χ0v) is 28.7. The molecule has 16 heteroatoms. The molecule has 4 N–H and O–H groups in total. The molecule has 1 amide bonds. The van der Waals surface area contributed by atoms with Gasteiger partial charge in [-0.1, -0.05) is 0 Å². The van der Waals surface area contributed by atoms with Crippen LogP contribution in [0.2, 0.25) is 0 Å². The number of alkyl halides is 4. The number of hydrogen-bond donors (Lipinski definition) is 2. The number of carbonyl (C=O) groups is 1. The van der Waals surface area contributed by atoms with Gasteiger partial charge in [0.25, 0.3) is 0 Å². The summed E-state index contributed by atoms with van der Waals surface area (Å²) in [5.74, 6) is 4.33. The first-order chi connectivity index (χ1) is 24.6. The third-order valence-electron chi connectivity index (χ3n) is 10.2. The van der Waals surface area contributed by atoms with Crippen LogP contribution >= 0.6 is 0 Å². The number of halogens is 6. The Morgan fingerprint density at radius 2 is 1.90 bits per heavy atom. The van der Waals surface area contributed by atoms with Crippen LogP contribution in [0.5, 0.6) is 0 Å². The Balaban J connectivity index is 1.57. The number of rotatable bonds is 8. The van der Waals surface area contributed by atoms with E-state index in [0.717, 1.165) is 30.4 Å². The van der Waals surface area contributed by atoms with Gasteiger partial charge in [0, 0.05) is 65.9 Å². The fraction of sp³-hybridized carbons (Fsp3) is 0.389. The molecule has 2 fully saturated rings. The third-order valence-corrected chi connectivity index (χ3v) is 10.2. The Morgan fingerprint density at radius 3 is 2.56 bits per heavy atom. The van der Waals surface area contributed by atoms with Gasteiger partial charge >= 0.3 is 6.18 Å². The molecule has 2 aromatic carbocycles. The van der Waals surface area contributed by atoms with Gasteiger partial charge < -0.3 is 25.4 Å². The summed E-state index contributed by atoms with van der Waals surface area (Å²) < 4.78 is 89.7.